The maximum atomic E-state index is 11.4. The summed E-state index contributed by atoms with van der Waals surface area (Å²) in [5.41, 5.74) is 0.318. The number of hydrogen-bond acceptors (Lipinski definition) is 5. The van der Waals surface area contributed by atoms with E-state index in [-0.39, 0.29) is 18.1 Å². The van der Waals surface area contributed by atoms with E-state index >= 15 is 0 Å². The second-order valence-electron chi connectivity index (χ2n) is 3.31. The Balaban J connectivity index is 2.23. The van der Waals surface area contributed by atoms with E-state index in [1.54, 1.807) is 18.3 Å². The van der Waals surface area contributed by atoms with Gasteiger partial charge in [0.15, 0.2) is 0 Å². The van der Waals surface area contributed by atoms with Crippen LogP contribution in [0.4, 0.5) is 0 Å². The number of carbonyl (C=O) groups excluding carboxylic acids is 2. The molecule has 0 spiro atoms. The van der Waals surface area contributed by atoms with Gasteiger partial charge < -0.3 is 15.2 Å². The van der Waals surface area contributed by atoms with Crippen LogP contribution in [0.25, 0.3) is 0 Å². The van der Waals surface area contributed by atoms with Gasteiger partial charge in [-0.15, -0.1) is 11.8 Å². The van der Waals surface area contributed by atoms with Crippen LogP contribution in [0.2, 0.25) is 0 Å². The smallest absolute Gasteiger partial charge is 0.274 e. The summed E-state index contributed by atoms with van der Waals surface area (Å²) < 4.78 is 0. The van der Waals surface area contributed by atoms with Crippen molar-refractivity contribution >= 4 is 23.6 Å². The van der Waals surface area contributed by atoms with Crippen molar-refractivity contribution in [3.63, 3.8) is 0 Å². The first kappa shape index (κ1) is 13.8. The van der Waals surface area contributed by atoms with Crippen LogP contribution in [0.5, 0.6) is 0 Å². The van der Waals surface area contributed by atoms with E-state index in [0.717, 1.165) is 11.8 Å². The first-order valence-corrected chi connectivity index (χ1v) is 6.13. The largest absolute Gasteiger partial charge is 0.394 e. The number of aromatic amines is 1. The number of aliphatic hydroxyl groups is 2. The lowest BCUT2D eigenvalue weighted by Gasteiger charge is -2.06. The summed E-state index contributed by atoms with van der Waals surface area (Å²) in [5.74, 6) is -0.604. The molecule has 0 aromatic carbocycles. The number of carbonyl (C=O) groups is 2. The molecule has 1 heterocycles. The second kappa shape index (κ2) is 7.10. The summed E-state index contributed by atoms with van der Waals surface area (Å²) >= 11 is 1.15. The Kier molecular flexibility index (Phi) is 5.75. The summed E-state index contributed by atoms with van der Waals surface area (Å²) in [4.78, 5) is 25.4. The normalized spacial score (nSPS) is 12.1. The number of nitrogens with one attached hydrogen (secondary N) is 2. The zero-order chi connectivity index (χ0) is 12.7. The highest BCUT2D eigenvalue weighted by molar-refractivity contribution is 7.99. The molecule has 7 heteroatoms. The standard InChI is InChI=1S/C10H14N2O4S/c13-4-7(14)5-17-6-9(15)12-10(16)8-2-1-3-11-8/h1-3,7,11,13-14H,4-6H2,(H,12,15,16). The average molecular weight is 258 g/mol. The summed E-state index contributed by atoms with van der Waals surface area (Å²) in [6.07, 6.45) is 0.748. The predicted octanol–water partition coefficient (Wildman–Crippen LogP) is -0.643. The highest BCUT2D eigenvalue weighted by Crippen LogP contribution is 2.02. The number of thioether (sulfide) groups is 1. The number of amides is 2. The summed E-state index contributed by atoms with van der Waals surface area (Å²) in [6.45, 7) is -0.337. The minimum Gasteiger partial charge on any atom is -0.394 e. The lowest BCUT2D eigenvalue weighted by atomic mass is 10.4. The first-order valence-electron chi connectivity index (χ1n) is 4.97. The minimum absolute atomic E-state index is 0.0590. The summed E-state index contributed by atoms with van der Waals surface area (Å²) in [6, 6.07) is 3.22. The number of imide groups is 1. The Morgan fingerprint density at radius 1 is 1.53 bits per heavy atom. The van der Waals surface area contributed by atoms with E-state index in [1.165, 1.54) is 0 Å². The van der Waals surface area contributed by atoms with Gasteiger partial charge in [0.05, 0.1) is 18.5 Å². The molecule has 1 atom stereocenters. The van der Waals surface area contributed by atoms with Crippen LogP contribution in [-0.2, 0) is 4.79 Å². The minimum atomic E-state index is -0.841. The van der Waals surface area contributed by atoms with E-state index < -0.39 is 17.9 Å². The zero-order valence-corrected chi connectivity index (χ0v) is 9.87. The molecule has 0 radical (unpaired) electrons. The molecule has 2 amide bonds. The van der Waals surface area contributed by atoms with Gasteiger partial charge in [0.25, 0.3) is 5.91 Å². The van der Waals surface area contributed by atoms with Crippen molar-refractivity contribution < 1.29 is 19.8 Å². The number of aromatic nitrogens is 1. The third-order valence-electron chi connectivity index (χ3n) is 1.85. The molecule has 0 saturated carbocycles. The molecule has 1 unspecified atom stereocenters. The van der Waals surface area contributed by atoms with Crippen molar-refractivity contribution in [2.24, 2.45) is 0 Å². The maximum absolute atomic E-state index is 11.4. The van der Waals surface area contributed by atoms with Gasteiger partial charge in [0.1, 0.15) is 5.69 Å². The van der Waals surface area contributed by atoms with Crippen LogP contribution in [0.15, 0.2) is 18.3 Å². The molecule has 0 bridgehead atoms. The third kappa shape index (κ3) is 5.03. The molecule has 4 N–H and O–H groups in total. The molecule has 17 heavy (non-hydrogen) atoms. The van der Waals surface area contributed by atoms with Crippen LogP contribution in [0, 0.1) is 0 Å². The number of hydrogen-bond donors (Lipinski definition) is 4. The van der Waals surface area contributed by atoms with Gasteiger partial charge in [-0.2, -0.15) is 0 Å². The van der Waals surface area contributed by atoms with Gasteiger partial charge in [-0.25, -0.2) is 0 Å². The van der Waals surface area contributed by atoms with Crippen molar-refractivity contribution in [1.82, 2.24) is 10.3 Å². The molecule has 0 saturated heterocycles. The lowest BCUT2D eigenvalue weighted by molar-refractivity contribution is -0.117. The molecular formula is C10H14N2O4S. The van der Waals surface area contributed by atoms with Gasteiger partial charge >= 0.3 is 0 Å². The first-order chi connectivity index (χ1) is 8.13. The topological polar surface area (TPSA) is 102 Å². The van der Waals surface area contributed by atoms with Crippen LogP contribution in [0.3, 0.4) is 0 Å². The summed E-state index contributed by atoms with van der Waals surface area (Å²) in [5, 5.41) is 19.8. The van der Waals surface area contributed by atoms with E-state index in [0.29, 0.717) is 5.69 Å². The quantitative estimate of drug-likeness (QED) is 0.543. The van der Waals surface area contributed by atoms with Crippen molar-refractivity contribution in [3.05, 3.63) is 24.0 Å². The molecule has 1 aromatic heterocycles. The molecule has 6 nitrogen and oxygen atoms in total. The van der Waals surface area contributed by atoms with Crippen molar-refractivity contribution in [2.45, 2.75) is 6.10 Å². The van der Waals surface area contributed by atoms with Crippen LogP contribution in [0.1, 0.15) is 10.5 Å². The Morgan fingerprint density at radius 2 is 2.29 bits per heavy atom. The lowest BCUT2D eigenvalue weighted by Crippen LogP contribution is -2.32. The van der Waals surface area contributed by atoms with E-state index in [9.17, 15) is 9.59 Å². The Bertz CT molecular complexity index is 366. The van der Waals surface area contributed by atoms with Crippen molar-refractivity contribution in [3.8, 4) is 0 Å². The molecular weight excluding hydrogens is 244 g/mol. The monoisotopic (exact) mass is 258 g/mol. The second-order valence-corrected chi connectivity index (χ2v) is 4.34. The number of aliphatic hydroxyl groups excluding tert-OH is 2. The fourth-order valence-corrected chi connectivity index (χ4v) is 1.79. The van der Waals surface area contributed by atoms with Crippen LogP contribution < -0.4 is 5.32 Å². The van der Waals surface area contributed by atoms with Crippen LogP contribution in [-0.4, -0.2) is 51.2 Å². The highest BCUT2D eigenvalue weighted by atomic mass is 32.2. The summed E-state index contributed by atoms with van der Waals surface area (Å²) in [7, 11) is 0. The Labute approximate surface area is 102 Å². The van der Waals surface area contributed by atoms with Gasteiger partial charge in [-0.3, -0.25) is 14.9 Å². The molecule has 0 aliphatic heterocycles. The van der Waals surface area contributed by atoms with Gasteiger partial charge in [0.2, 0.25) is 5.91 Å². The molecule has 0 fully saturated rings. The fourth-order valence-electron chi connectivity index (χ4n) is 1.04. The van der Waals surface area contributed by atoms with Gasteiger partial charge in [0, 0.05) is 11.9 Å². The number of H-pyrrole nitrogens is 1. The van der Waals surface area contributed by atoms with Crippen molar-refractivity contribution in [1.29, 1.82) is 0 Å². The molecule has 1 aromatic rings. The molecule has 0 aliphatic rings. The van der Waals surface area contributed by atoms with Gasteiger partial charge in [-0.1, -0.05) is 0 Å². The Hall–Kier alpha value is -1.31. The predicted molar refractivity (Wildman–Crippen MR) is 63.7 cm³/mol. The average Bonchev–Trinajstić information content (AvgIpc) is 2.82. The van der Waals surface area contributed by atoms with Crippen molar-refractivity contribution in [2.75, 3.05) is 18.1 Å². The molecule has 94 valence electrons. The SMILES string of the molecule is O=C(CSCC(O)CO)NC(=O)c1ccc[nH]1. The number of rotatable bonds is 6. The highest BCUT2D eigenvalue weighted by Gasteiger charge is 2.11. The fraction of sp³-hybridized carbons (Fsp3) is 0.400. The van der Waals surface area contributed by atoms with E-state index in [2.05, 4.69) is 10.3 Å². The van der Waals surface area contributed by atoms with Gasteiger partial charge in [-0.05, 0) is 12.1 Å². The molecule has 1 rings (SSSR count). The van der Waals surface area contributed by atoms with Crippen LogP contribution >= 0.6 is 11.8 Å². The Morgan fingerprint density at radius 3 is 2.88 bits per heavy atom. The third-order valence-corrected chi connectivity index (χ3v) is 2.94. The maximum Gasteiger partial charge on any atom is 0.274 e. The molecule has 0 aliphatic carbocycles. The van der Waals surface area contributed by atoms with E-state index in [1.807, 2.05) is 0 Å². The van der Waals surface area contributed by atoms with E-state index in [4.69, 9.17) is 10.2 Å². The zero-order valence-electron chi connectivity index (χ0n) is 9.05.